The lowest BCUT2D eigenvalue weighted by molar-refractivity contribution is -0.115. The van der Waals surface area contributed by atoms with E-state index in [9.17, 15) is 10.1 Å². The number of anilines is 1. The molecule has 0 unspecified atom stereocenters. The molecule has 136 valence electrons. The third kappa shape index (κ3) is 3.46. The van der Waals surface area contributed by atoms with Crippen LogP contribution in [0, 0.1) is 11.3 Å². The van der Waals surface area contributed by atoms with E-state index < -0.39 is 0 Å². The summed E-state index contributed by atoms with van der Waals surface area (Å²) in [5.41, 5.74) is 2.96. The number of nitriles is 1. The molecule has 1 aliphatic carbocycles. The Hall–Kier alpha value is -2.68. The van der Waals surface area contributed by atoms with E-state index in [1.54, 1.807) is 11.3 Å². The van der Waals surface area contributed by atoms with Crippen LogP contribution in [0.4, 0.5) is 5.00 Å². The zero-order valence-corrected chi connectivity index (χ0v) is 16.0. The van der Waals surface area contributed by atoms with E-state index >= 15 is 0 Å². The first kappa shape index (κ1) is 17.7. The van der Waals surface area contributed by atoms with Gasteiger partial charge < -0.3 is 10.6 Å². The molecule has 1 aromatic heterocycles. The van der Waals surface area contributed by atoms with Crippen LogP contribution in [0.25, 0.3) is 10.8 Å². The molecule has 0 saturated carbocycles. The molecule has 1 amide bonds. The van der Waals surface area contributed by atoms with E-state index in [-0.39, 0.29) is 18.5 Å². The molecular weight excluding hydrogens is 354 g/mol. The summed E-state index contributed by atoms with van der Waals surface area (Å²) in [6, 6.07) is 16.8. The molecule has 1 heterocycles. The fourth-order valence-electron chi connectivity index (χ4n) is 3.77. The quantitative estimate of drug-likeness (QED) is 0.687. The third-order valence-electron chi connectivity index (χ3n) is 5.14. The number of benzene rings is 2. The number of carbonyl (C=O) groups excluding carboxylic acids is 1. The SMILES string of the molecule is C[C@@H](NCC(=O)Nc1sc2c(c1C#N)CCC2)c1cccc2ccccc12. The highest BCUT2D eigenvalue weighted by Crippen LogP contribution is 2.38. The Labute approximate surface area is 162 Å². The summed E-state index contributed by atoms with van der Waals surface area (Å²) >= 11 is 1.55. The summed E-state index contributed by atoms with van der Waals surface area (Å²) in [5.74, 6) is -0.112. The second kappa shape index (κ2) is 7.51. The van der Waals surface area contributed by atoms with Gasteiger partial charge >= 0.3 is 0 Å². The smallest absolute Gasteiger partial charge is 0.238 e. The fraction of sp³-hybridized carbons (Fsp3) is 0.273. The number of hydrogen-bond donors (Lipinski definition) is 2. The Bertz CT molecular complexity index is 1040. The molecular formula is C22H21N3OS. The maximum Gasteiger partial charge on any atom is 0.238 e. The van der Waals surface area contributed by atoms with Crippen molar-refractivity contribution < 1.29 is 4.79 Å². The largest absolute Gasteiger partial charge is 0.315 e. The zero-order valence-electron chi connectivity index (χ0n) is 15.2. The van der Waals surface area contributed by atoms with E-state index in [0.29, 0.717) is 10.6 Å². The number of nitrogens with zero attached hydrogens (tertiary/aromatic N) is 1. The molecule has 0 radical (unpaired) electrons. The molecule has 2 aromatic carbocycles. The summed E-state index contributed by atoms with van der Waals surface area (Å²) in [7, 11) is 0. The first-order valence-electron chi connectivity index (χ1n) is 9.23. The number of nitrogens with one attached hydrogen (secondary N) is 2. The molecule has 1 atom stereocenters. The second-order valence-electron chi connectivity index (χ2n) is 6.89. The lowest BCUT2D eigenvalue weighted by Crippen LogP contribution is -2.30. The van der Waals surface area contributed by atoms with Crippen molar-refractivity contribution in [2.45, 2.75) is 32.2 Å². The minimum absolute atomic E-state index is 0.0469. The maximum atomic E-state index is 12.4. The van der Waals surface area contributed by atoms with E-state index in [2.05, 4.69) is 47.9 Å². The molecule has 2 N–H and O–H groups in total. The fourth-order valence-corrected chi connectivity index (χ4v) is 5.02. The predicted octanol–water partition coefficient (Wildman–Crippen LogP) is 4.55. The Kier molecular flexibility index (Phi) is 4.93. The van der Waals surface area contributed by atoms with Gasteiger partial charge in [0.15, 0.2) is 0 Å². The minimum atomic E-state index is -0.112. The van der Waals surface area contributed by atoms with Crippen LogP contribution in [0.15, 0.2) is 42.5 Å². The summed E-state index contributed by atoms with van der Waals surface area (Å²) in [5, 5.41) is 18.8. The molecule has 3 aromatic rings. The molecule has 27 heavy (non-hydrogen) atoms. The second-order valence-corrected chi connectivity index (χ2v) is 8.00. The van der Waals surface area contributed by atoms with Crippen LogP contribution in [0.2, 0.25) is 0 Å². The van der Waals surface area contributed by atoms with Gasteiger partial charge in [-0.3, -0.25) is 4.79 Å². The normalized spacial score (nSPS) is 13.9. The van der Waals surface area contributed by atoms with Crippen molar-refractivity contribution in [3.63, 3.8) is 0 Å². The van der Waals surface area contributed by atoms with Crippen LogP contribution >= 0.6 is 11.3 Å². The monoisotopic (exact) mass is 375 g/mol. The highest BCUT2D eigenvalue weighted by Gasteiger charge is 2.23. The Balaban J connectivity index is 1.43. The molecule has 0 fully saturated rings. The van der Waals surface area contributed by atoms with E-state index in [0.717, 1.165) is 24.8 Å². The van der Waals surface area contributed by atoms with Crippen molar-refractivity contribution in [1.29, 1.82) is 5.26 Å². The standard InChI is InChI=1S/C22H21N3OS/c1-14(16-9-4-7-15-6-2-3-8-17(15)16)24-13-21(26)25-22-19(12-23)18-10-5-11-20(18)27-22/h2-4,6-9,14,24H,5,10-11,13H2,1H3,(H,25,26)/t14-/m1/s1. The van der Waals surface area contributed by atoms with Gasteiger partial charge in [0.1, 0.15) is 11.1 Å². The summed E-state index contributed by atoms with van der Waals surface area (Å²) in [6.45, 7) is 2.27. The number of aryl methyl sites for hydroxylation is 1. The van der Waals surface area contributed by atoms with Gasteiger partial charge in [-0.05, 0) is 48.1 Å². The molecule has 4 rings (SSSR count). The molecule has 4 nitrogen and oxygen atoms in total. The average Bonchev–Trinajstić information content (AvgIpc) is 3.26. The number of fused-ring (bicyclic) bond motifs is 2. The average molecular weight is 375 g/mol. The summed E-state index contributed by atoms with van der Waals surface area (Å²) in [6.07, 6.45) is 3.07. The van der Waals surface area contributed by atoms with Crippen molar-refractivity contribution in [2.75, 3.05) is 11.9 Å². The van der Waals surface area contributed by atoms with Gasteiger partial charge in [0, 0.05) is 10.9 Å². The summed E-state index contributed by atoms with van der Waals surface area (Å²) in [4.78, 5) is 13.7. The van der Waals surface area contributed by atoms with Gasteiger partial charge in [0.05, 0.1) is 12.1 Å². The van der Waals surface area contributed by atoms with Crippen LogP contribution < -0.4 is 10.6 Å². The molecule has 0 bridgehead atoms. The van der Waals surface area contributed by atoms with Crippen LogP contribution in [-0.2, 0) is 17.6 Å². The molecule has 0 aliphatic heterocycles. The number of thiophene rings is 1. The zero-order chi connectivity index (χ0) is 18.8. The van der Waals surface area contributed by atoms with E-state index in [4.69, 9.17) is 0 Å². The number of amides is 1. The minimum Gasteiger partial charge on any atom is -0.315 e. The van der Waals surface area contributed by atoms with Crippen LogP contribution in [0.5, 0.6) is 0 Å². The van der Waals surface area contributed by atoms with Crippen molar-refractivity contribution in [2.24, 2.45) is 0 Å². The van der Waals surface area contributed by atoms with Gasteiger partial charge in [-0.15, -0.1) is 11.3 Å². The van der Waals surface area contributed by atoms with Crippen LogP contribution in [0.3, 0.4) is 0 Å². The van der Waals surface area contributed by atoms with Gasteiger partial charge in [0.25, 0.3) is 0 Å². The molecule has 5 heteroatoms. The van der Waals surface area contributed by atoms with Crippen molar-refractivity contribution in [3.05, 3.63) is 64.0 Å². The maximum absolute atomic E-state index is 12.4. The van der Waals surface area contributed by atoms with Gasteiger partial charge in [-0.1, -0.05) is 42.5 Å². The lowest BCUT2D eigenvalue weighted by Gasteiger charge is -2.16. The summed E-state index contributed by atoms with van der Waals surface area (Å²) < 4.78 is 0. The Morgan fingerprint density at radius 3 is 2.89 bits per heavy atom. The van der Waals surface area contributed by atoms with Gasteiger partial charge in [-0.25, -0.2) is 0 Å². The molecule has 0 spiro atoms. The topological polar surface area (TPSA) is 64.9 Å². The van der Waals surface area contributed by atoms with Gasteiger partial charge in [-0.2, -0.15) is 5.26 Å². The molecule has 1 aliphatic rings. The van der Waals surface area contributed by atoms with E-state index in [1.807, 2.05) is 18.2 Å². The lowest BCUT2D eigenvalue weighted by atomic mass is 10.00. The van der Waals surface area contributed by atoms with Crippen molar-refractivity contribution in [1.82, 2.24) is 5.32 Å². The first-order valence-corrected chi connectivity index (χ1v) is 10.0. The molecule has 0 saturated heterocycles. The number of carbonyl (C=O) groups is 1. The van der Waals surface area contributed by atoms with Crippen molar-refractivity contribution >= 4 is 33.0 Å². The van der Waals surface area contributed by atoms with Crippen LogP contribution in [0.1, 0.15) is 41.0 Å². The number of rotatable bonds is 5. The first-order chi connectivity index (χ1) is 13.2. The number of hydrogen-bond acceptors (Lipinski definition) is 4. The highest BCUT2D eigenvalue weighted by molar-refractivity contribution is 7.16. The van der Waals surface area contributed by atoms with Crippen molar-refractivity contribution in [3.8, 4) is 6.07 Å². The highest BCUT2D eigenvalue weighted by atomic mass is 32.1. The third-order valence-corrected chi connectivity index (χ3v) is 6.35. The predicted molar refractivity (Wildman–Crippen MR) is 110 cm³/mol. The Morgan fingerprint density at radius 1 is 1.22 bits per heavy atom. The van der Waals surface area contributed by atoms with E-state index in [1.165, 1.54) is 21.2 Å². The van der Waals surface area contributed by atoms with Gasteiger partial charge in [0.2, 0.25) is 5.91 Å². The Morgan fingerprint density at radius 2 is 2.04 bits per heavy atom. The van der Waals surface area contributed by atoms with Crippen LogP contribution in [-0.4, -0.2) is 12.5 Å².